The Morgan fingerprint density at radius 3 is 2.63 bits per heavy atom. The van der Waals surface area contributed by atoms with Gasteiger partial charge in [0.15, 0.2) is 0 Å². The normalized spacial score (nSPS) is 30.6. The number of hydrogen-bond acceptors (Lipinski definition) is 5. The van der Waals surface area contributed by atoms with E-state index in [4.69, 9.17) is 4.74 Å². The van der Waals surface area contributed by atoms with E-state index in [1.807, 2.05) is 0 Å². The number of morpholine rings is 1. The average molecular weight is 373 g/mol. The van der Waals surface area contributed by atoms with Gasteiger partial charge in [-0.15, -0.1) is 0 Å². The summed E-state index contributed by atoms with van der Waals surface area (Å²) in [7, 11) is 0. The number of nitrogens with one attached hydrogen (secondary N) is 2. The second-order valence-electron chi connectivity index (χ2n) is 8.39. The molecule has 150 valence electrons. The summed E-state index contributed by atoms with van der Waals surface area (Å²) >= 11 is 0. The SMILES string of the molecule is c1ccc(CN2CCN(CCNC3CCCC3C3COCCN3)CC2)cc1. The lowest BCUT2D eigenvalue weighted by Crippen LogP contribution is -2.52. The molecule has 1 aromatic carbocycles. The molecule has 3 unspecified atom stereocenters. The highest BCUT2D eigenvalue weighted by Gasteiger charge is 2.34. The van der Waals surface area contributed by atoms with E-state index in [1.165, 1.54) is 57.5 Å². The van der Waals surface area contributed by atoms with Crippen LogP contribution in [0.1, 0.15) is 24.8 Å². The number of hydrogen-bond donors (Lipinski definition) is 2. The smallest absolute Gasteiger partial charge is 0.0623 e. The van der Waals surface area contributed by atoms with Crippen molar-refractivity contribution in [3.63, 3.8) is 0 Å². The summed E-state index contributed by atoms with van der Waals surface area (Å²) in [6, 6.07) is 12.1. The lowest BCUT2D eigenvalue weighted by atomic mass is 9.94. The maximum Gasteiger partial charge on any atom is 0.0623 e. The van der Waals surface area contributed by atoms with Crippen LogP contribution in [0.15, 0.2) is 30.3 Å². The van der Waals surface area contributed by atoms with E-state index in [2.05, 4.69) is 50.8 Å². The lowest BCUT2D eigenvalue weighted by Gasteiger charge is -2.36. The molecule has 2 aliphatic heterocycles. The van der Waals surface area contributed by atoms with Crippen molar-refractivity contribution in [1.29, 1.82) is 0 Å². The molecule has 5 nitrogen and oxygen atoms in total. The second-order valence-corrected chi connectivity index (χ2v) is 8.39. The highest BCUT2D eigenvalue weighted by molar-refractivity contribution is 5.14. The van der Waals surface area contributed by atoms with Crippen molar-refractivity contribution in [1.82, 2.24) is 20.4 Å². The van der Waals surface area contributed by atoms with Crippen molar-refractivity contribution in [2.75, 3.05) is 59.0 Å². The summed E-state index contributed by atoms with van der Waals surface area (Å²) in [5.74, 6) is 0.744. The Morgan fingerprint density at radius 2 is 1.85 bits per heavy atom. The van der Waals surface area contributed by atoms with E-state index >= 15 is 0 Å². The van der Waals surface area contributed by atoms with E-state index in [0.29, 0.717) is 12.1 Å². The van der Waals surface area contributed by atoms with Crippen LogP contribution in [0.4, 0.5) is 0 Å². The fourth-order valence-electron chi connectivity index (χ4n) is 5.01. The summed E-state index contributed by atoms with van der Waals surface area (Å²) in [5, 5.41) is 7.55. The molecule has 27 heavy (non-hydrogen) atoms. The molecule has 2 N–H and O–H groups in total. The molecule has 5 heteroatoms. The third kappa shape index (κ3) is 5.52. The van der Waals surface area contributed by atoms with E-state index in [9.17, 15) is 0 Å². The van der Waals surface area contributed by atoms with Crippen LogP contribution in [0.5, 0.6) is 0 Å². The maximum absolute atomic E-state index is 5.69. The van der Waals surface area contributed by atoms with Crippen LogP contribution in [0.25, 0.3) is 0 Å². The minimum atomic E-state index is 0.556. The molecule has 0 bridgehead atoms. The molecule has 0 radical (unpaired) electrons. The van der Waals surface area contributed by atoms with Crippen LogP contribution in [-0.4, -0.2) is 80.9 Å². The van der Waals surface area contributed by atoms with Crippen molar-refractivity contribution in [3.05, 3.63) is 35.9 Å². The fraction of sp³-hybridized carbons (Fsp3) is 0.727. The van der Waals surface area contributed by atoms with Gasteiger partial charge < -0.3 is 15.4 Å². The third-order valence-corrected chi connectivity index (χ3v) is 6.59. The molecule has 1 aromatic rings. The Labute approximate surface area is 164 Å². The van der Waals surface area contributed by atoms with Gasteiger partial charge in [0.05, 0.1) is 13.2 Å². The van der Waals surface area contributed by atoms with Gasteiger partial charge in [-0.1, -0.05) is 36.8 Å². The zero-order chi connectivity index (χ0) is 18.3. The van der Waals surface area contributed by atoms with E-state index < -0.39 is 0 Å². The predicted molar refractivity (Wildman–Crippen MR) is 110 cm³/mol. The van der Waals surface area contributed by atoms with Gasteiger partial charge in [0, 0.05) is 64.4 Å². The van der Waals surface area contributed by atoms with Crippen molar-refractivity contribution in [2.24, 2.45) is 5.92 Å². The highest BCUT2D eigenvalue weighted by Crippen LogP contribution is 2.29. The average Bonchev–Trinajstić information content (AvgIpc) is 3.19. The molecule has 3 aliphatic rings. The van der Waals surface area contributed by atoms with Crippen LogP contribution in [0.3, 0.4) is 0 Å². The van der Waals surface area contributed by atoms with Crippen molar-refractivity contribution in [2.45, 2.75) is 37.9 Å². The lowest BCUT2D eigenvalue weighted by molar-refractivity contribution is 0.0521. The monoisotopic (exact) mass is 372 g/mol. The van der Waals surface area contributed by atoms with Gasteiger partial charge in [0.1, 0.15) is 0 Å². The van der Waals surface area contributed by atoms with Crippen LogP contribution in [0, 0.1) is 5.92 Å². The predicted octanol–water partition coefficient (Wildman–Crippen LogP) is 1.55. The zero-order valence-electron chi connectivity index (χ0n) is 16.6. The minimum Gasteiger partial charge on any atom is -0.379 e. The van der Waals surface area contributed by atoms with Gasteiger partial charge in [-0.2, -0.15) is 0 Å². The number of rotatable bonds is 7. The first kappa shape index (κ1) is 19.3. The fourth-order valence-corrected chi connectivity index (χ4v) is 5.01. The summed E-state index contributed by atoms with van der Waals surface area (Å²) in [4.78, 5) is 5.21. The number of ether oxygens (including phenoxy) is 1. The summed E-state index contributed by atoms with van der Waals surface area (Å²) in [6.07, 6.45) is 4.03. The van der Waals surface area contributed by atoms with Crippen LogP contribution in [0.2, 0.25) is 0 Å². The first-order valence-corrected chi connectivity index (χ1v) is 10.9. The second kappa shape index (κ2) is 9.99. The molecule has 1 saturated carbocycles. The van der Waals surface area contributed by atoms with E-state index in [1.54, 1.807) is 0 Å². The number of nitrogens with zero attached hydrogens (tertiary/aromatic N) is 2. The summed E-state index contributed by atoms with van der Waals surface area (Å²) in [6.45, 7) is 10.9. The largest absolute Gasteiger partial charge is 0.379 e. The third-order valence-electron chi connectivity index (χ3n) is 6.59. The molecule has 0 spiro atoms. The first-order valence-electron chi connectivity index (χ1n) is 10.9. The molecular formula is C22H36N4O. The zero-order valence-corrected chi connectivity index (χ0v) is 16.6. The molecule has 0 amide bonds. The van der Waals surface area contributed by atoms with Crippen molar-refractivity contribution < 1.29 is 4.74 Å². The molecule has 0 aromatic heterocycles. The molecule has 3 fully saturated rings. The maximum atomic E-state index is 5.69. The molecule has 3 atom stereocenters. The Balaban J connectivity index is 1.14. The van der Waals surface area contributed by atoms with Crippen LogP contribution < -0.4 is 10.6 Å². The molecular weight excluding hydrogens is 336 g/mol. The van der Waals surface area contributed by atoms with Gasteiger partial charge in [0.25, 0.3) is 0 Å². The Bertz CT molecular complexity index is 541. The Morgan fingerprint density at radius 1 is 1.04 bits per heavy atom. The van der Waals surface area contributed by atoms with E-state index in [0.717, 1.165) is 38.8 Å². The minimum absolute atomic E-state index is 0.556. The van der Waals surface area contributed by atoms with Gasteiger partial charge in [-0.25, -0.2) is 0 Å². The summed E-state index contributed by atoms with van der Waals surface area (Å²) < 4.78 is 5.69. The molecule has 1 aliphatic carbocycles. The number of benzene rings is 1. The quantitative estimate of drug-likeness (QED) is 0.760. The van der Waals surface area contributed by atoms with Crippen LogP contribution in [-0.2, 0) is 11.3 Å². The van der Waals surface area contributed by atoms with E-state index in [-0.39, 0.29) is 0 Å². The van der Waals surface area contributed by atoms with Crippen molar-refractivity contribution in [3.8, 4) is 0 Å². The Hall–Kier alpha value is -0.980. The van der Waals surface area contributed by atoms with Gasteiger partial charge in [-0.3, -0.25) is 9.80 Å². The molecule has 2 saturated heterocycles. The van der Waals surface area contributed by atoms with Crippen molar-refractivity contribution >= 4 is 0 Å². The van der Waals surface area contributed by atoms with Crippen LogP contribution >= 0.6 is 0 Å². The summed E-state index contributed by atoms with van der Waals surface area (Å²) in [5.41, 5.74) is 1.43. The molecule has 4 rings (SSSR count). The highest BCUT2D eigenvalue weighted by atomic mass is 16.5. The van der Waals surface area contributed by atoms with Gasteiger partial charge >= 0.3 is 0 Å². The topological polar surface area (TPSA) is 39.8 Å². The first-order chi connectivity index (χ1) is 13.4. The standard InChI is InChI=1S/C22H36N4O/c1-2-5-19(6-3-1)17-26-14-12-25(13-15-26)11-9-23-21-8-4-7-20(21)22-18-27-16-10-24-22/h1-3,5-6,20-24H,4,7-18H2. The molecule has 2 heterocycles. The Kier molecular flexibility index (Phi) is 7.15. The number of piperazine rings is 1. The van der Waals surface area contributed by atoms with Gasteiger partial charge in [0.2, 0.25) is 0 Å². The van der Waals surface area contributed by atoms with Gasteiger partial charge in [-0.05, 0) is 24.3 Å².